The number of hydrogen-bond donors (Lipinski definition) is 1. The Morgan fingerprint density at radius 3 is 3.07 bits per heavy atom. The topological polar surface area (TPSA) is 48.1 Å². The molecule has 0 aliphatic carbocycles. The molecule has 0 saturated carbocycles. The lowest BCUT2D eigenvalue weighted by atomic mass is 9.95. The van der Waals surface area contributed by atoms with E-state index in [-0.39, 0.29) is 12.1 Å². The summed E-state index contributed by atoms with van der Waals surface area (Å²) in [5.74, 6) is 0.583. The predicted molar refractivity (Wildman–Crippen MR) is 62.1 cm³/mol. The van der Waals surface area contributed by atoms with E-state index in [1.165, 1.54) is 0 Å². The Balaban J connectivity index is 1.94. The number of aromatic nitrogens is 1. The first-order valence-electron chi connectivity index (χ1n) is 5.45. The molecule has 0 aromatic carbocycles. The van der Waals surface area contributed by atoms with Crippen molar-refractivity contribution in [3.63, 3.8) is 0 Å². The van der Waals surface area contributed by atoms with E-state index in [1.54, 1.807) is 11.3 Å². The number of thiazole rings is 1. The summed E-state index contributed by atoms with van der Waals surface area (Å²) in [5.41, 5.74) is 7.25. The van der Waals surface area contributed by atoms with E-state index in [2.05, 4.69) is 17.3 Å². The Morgan fingerprint density at radius 2 is 2.53 bits per heavy atom. The molecule has 2 heterocycles. The second-order valence-corrected chi connectivity index (χ2v) is 5.39. The summed E-state index contributed by atoms with van der Waals surface area (Å²) < 4.78 is 5.66. The largest absolute Gasteiger partial charge is 0.376 e. The summed E-state index contributed by atoms with van der Waals surface area (Å²) >= 11 is 1.68. The van der Waals surface area contributed by atoms with Gasteiger partial charge in [-0.15, -0.1) is 11.3 Å². The maximum atomic E-state index is 6.15. The van der Waals surface area contributed by atoms with Gasteiger partial charge in [0.2, 0.25) is 0 Å². The fourth-order valence-electron chi connectivity index (χ4n) is 2.12. The first-order chi connectivity index (χ1) is 7.16. The molecule has 2 N–H and O–H groups in total. The molecule has 1 aliphatic rings. The summed E-state index contributed by atoms with van der Waals surface area (Å²) in [6.45, 7) is 5.09. The maximum absolute atomic E-state index is 6.15. The first kappa shape index (κ1) is 11.0. The quantitative estimate of drug-likeness (QED) is 0.854. The highest BCUT2D eigenvalue weighted by atomic mass is 32.1. The van der Waals surface area contributed by atoms with Crippen molar-refractivity contribution >= 4 is 11.3 Å². The molecule has 3 atom stereocenters. The molecule has 0 amide bonds. The fourth-order valence-corrected chi connectivity index (χ4v) is 2.75. The van der Waals surface area contributed by atoms with Crippen LogP contribution in [0, 0.1) is 12.8 Å². The summed E-state index contributed by atoms with van der Waals surface area (Å²) in [6.07, 6.45) is 2.18. The van der Waals surface area contributed by atoms with Gasteiger partial charge in [0.05, 0.1) is 16.8 Å². The fraction of sp³-hybridized carbons (Fsp3) is 0.727. The van der Waals surface area contributed by atoms with Gasteiger partial charge >= 0.3 is 0 Å². The highest BCUT2D eigenvalue weighted by Gasteiger charge is 2.30. The highest BCUT2D eigenvalue weighted by molar-refractivity contribution is 7.09. The molecule has 3 nitrogen and oxygen atoms in total. The molecule has 1 fully saturated rings. The van der Waals surface area contributed by atoms with Crippen molar-refractivity contribution < 1.29 is 4.74 Å². The number of aryl methyl sites for hydroxylation is 1. The second kappa shape index (κ2) is 4.60. The predicted octanol–water partition coefficient (Wildman–Crippen LogP) is 1.75. The van der Waals surface area contributed by atoms with E-state index in [4.69, 9.17) is 10.5 Å². The number of nitrogens with two attached hydrogens (primary N) is 1. The van der Waals surface area contributed by atoms with Gasteiger partial charge in [-0.2, -0.15) is 0 Å². The molecule has 3 unspecified atom stereocenters. The molecular weight excluding hydrogens is 208 g/mol. The Bertz CT molecular complexity index is 326. The van der Waals surface area contributed by atoms with Gasteiger partial charge in [0.15, 0.2) is 0 Å². The molecule has 2 rings (SSSR count). The molecule has 0 spiro atoms. The number of ether oxygens (including phenoxy) is 1. The van der Waals surface area contributed by atoms with Crippen molar-refractivity contribution in [1.29, 1.82) is 0 Å². The monoisotopic (exact) mass is 226 g/mol. The normalized spacial score (nSPS) is 28.2. The van der Waals surface area contributed by atoms with Crippen molar-refractivity contribution in [3.8, 4) is 0 Å². The lowest BCUT2D eigenvalue weighted by Crippen LogP contribution is -2.39. The van der Waals surface area contributed by atoms with Crippen molar-refractivity contribution in [2.75, 3.05) is 6.61 Å². The highest BCUT2D eigenvalue weighted by Crippen LogP contribution is 2.23. The van der Waals surface area contributed by atoms with Gasteiger partial charge in [-0.05, 0) is 19.3 Å². The summed E-state index contributed by atoms with van der Waals surface area (Å²) in [4.78, 5) is 4.43. The zero-order valence-electron chi connectivity index (χ0n) is 9.27. The number of hydrogen-bond acceptors (Lipinski definition) is 4. The van der Waals surface area contributed by atoms with Crippen LogP contribution in [0.4, 0.5) is 0 Å². The zero-order chi connectivity index (χ0) is 10.8. The van der Waals surface area contributed by atoms with E-state index >= 15 is 0 Å². The van der Waals surface area contributed by atoms with Gasteiger partial charge in [0, 0.05) is 24.4 Å². The summed E-state index contributed by atoms with van der Waals surface area (Å²) in [5, 5.41) is 3.20. The third kappa shape index (κ3) is 2.56. The minimum Gasteiger partial charge on any atom is -0.376 e. The van der Waals surface area contributed by atoms with Crippen molar-refractivity contribution in [1.82, 2.24) is 4.98 Å². The molecule has 0 radical (unpaired) electrons. The van der Waals surface area contributed by atoms with E-state index in [1.807, 2.05) is 6.92 Å². The van der Waals surface area contributed by atoms with Crippen LogP contribution in [0.15, 0.2) is 5.38 Å². The second-order valence-electron chi connectivity index (χ2n) is 4.33. The van der Waals surface area contributed by atoms with Crippen molar-refractivity contribution in [2.45, 2.75) is 38.8 Å². The molecule has 15 heavy (non-hydrogen) atoms. The minimum atomic E-state index is 0.0870. The van der Waals surface area contributed by atoms with Gasteiger partial charge in [0.1, 0.15) is 0 Å². The van der Waals surface area contributed by atoms with Gasteiger partial charge in [0.25, 0.3) is 0 Å². The number of rotatable bonds is 3. The van der Waals surface area contributed by atoms with Crippen LogP contribution in [0.3, 0.4) is 0 Å². The average molecular weight is 226 g/mol. The lowest BCUT2D eigenvalue weighted by Gasteiger charge is -2.21. The third-order valence-electron chi connectivity index (χ3n) is 2.98. The standard InChI is InChI=1S/C11H18N2OS/c1-7-3-4-14-11(7)10(12)5-9-6-15-8(2)13-9/h6-7,10-11H,3-5,12H2,1-2H3. The Labute approximate surface area is 94.7 Å². The molecule has 4 heteroatoms. The van der Waals surface area contributed by atoms with Crippen LogP contribution < -0.4 is 5.73 Å². The van der Waals surface area contributed by atoms with Crippen LogP contribution in [0.25, 0.3) is 0 Å². The minimum absolute atomic E-state index is 0.0870. The third-order valence-corrected chi connectivity index (χ3v) is 3.80. The van der Waals surface area contributed by atoms with Crippen LogP contribution in [0.1, 0.15) is 24.0 Å². The van der Waals surface area contributed by atoms with E-state index in [9.17, 15) is 0 Å². The van der Waals surface area contributed by atoms with Gasteiger partial charge in [-0.1, -0.05) is 6.92 Å². The van der Waals surface area contributed by atoms with Crippen LogP contribution >= 0.6 is 11.3 Å². The van der Waals surface area contributed by atoms with E-state index in [0.717, 1.165) is 30.2 Å². The van der Waals surface area contributed by atoms with Gasteiger partial charge < -0.3 is 10.5 Å². The summed E-state index contributed by atoms with van der Waals surface area (Å²) in [7, 11) is 0. The van der Waals surface area contributed by atoms with Crippen molar-refractivity contribution in [3.05, 3.63) is 16.1 Å². The SMILES string of the molecule is Cc1nc(CC(N)C2OCCC2C)cs1. The van der Waals surface area contributed by atoms with Gasteiger partial charge in [-0.3, -0.25) is 0 Å². The van der Waals surface area contributed by atoms with E-state index in [0.29, 0.717) is 5.92 Å². The Morgan fingerprint density at radius 1 is 1.73 bits per heavy atom. The van der Waals surface area contributed by atoms with E-state index < -0.39 is 0 Å². The Kier molecular flexibility index (Phi) is 3.38. The molecule has 1 aromatic heterocycles. The lowest BCUT2D eigenvalue weighted by molar-refractivity contribution is 0.0724. The molecular formula is C11H18N2OS. The molecule has 84 valence electrons. The Hall–Kier alpha value is -0.450. The number of nitrogens with zero attached hydrogens (tertiary/aromatic N) is 1. The van der Waals surface area contributed by atoms with Crippen LogP contribution in [0.2, 0.25) is 0 Å². The van der Waals surface area contributed by atoms with Gasteiger partial charge in [-0.25, -0.2) is 4.98 Å². The van der Waals surface area contributed by atoms with Crippen LogP contribution in [-0.2, 0) is 11.2 Å². The van der Waals surface area contributed by atoms with Crippen molar-refractivity contribution in [2.24, 2.45) is 11.7 Å². The zero-order valence-corrected chi connectivity index (χ0v) is 10.1. The first-order valence-corrected chi connectivity index (χ1v) is 6.33. The summed E-state index contributed by atoms with van der Waals surface area (Å²) in [6, 6.07) is 0.0870. The average Bonchev–Trinajstić information content (AvgIpc) is 2.75. The molecule has 1 aromatic rings. The molecule has 1 saturated heterocycles. The molecule has 0 bridgehead atoms. The molecule has 1 aliphatic heterocycles. The smallest absolute Gasteiger partial charge is 0.0897 e. The van der Waals surface area contributed by atoms with Crippen LogP contribution in [0.5, 0.6) is 0 Å². The van der Waals surface area contributed by atoms with Crippen LogP contribution in [-0.4, -0.2) is 23.7 Å². The maximum Gasteiger partial charge on any atom is 0.0897 e.